The van der Waals surface area contributed by atoms with E-state index in [0.29, 0.717) is 18.5 Å². The zero-order valence-electron chi connectivity index (χ0n) is 12.5. The molecule has 21 heavy (non-hydrogen) atoms. The molecule has 0 fully saturated rings. The molecule has 2 aromatic rings. The standard InChI is InChI=1S/C16H21FN4/c1-3-6-13-15(18-2)20-11-21-16(13)19-10-9-12-7-4-5-8-14(12)17/h4-5,7-8,11H,3,6,9-10H2,1-2H3,(H2,18,19,20,21). The fraction of sp³-hybridized carbons (Fsp3) is 0.375. The van der Waals surface area contributed by atoms with Crippen molar-refractivity contribution in [3.8, 4) is 0 Å². The highest BCUT2D eigenvalue weighted by molar-refractivity contribution is 5.57. The minimum Gasteiger partial charge on any atom is -0.373 e. The van der Waals surface area contributed by atoms with Gasteiger partial charge in [-0.3, -0.25) is 0 Å². The summed E-state index contributed by atoms with van der Waals surface area (Å²) in [4.78, 5) is 8.54. The van der Waals surface area contributed by atoms with Crippen LogP contribution >= 0.6 is 0 Å². The van der Waals surface area contributed by atoms with E-state index in [1.54, 1.807) is 6.07 Å². The van der Waals surface area contributed by atoms with Crippen molar-refractivity contribution in [2.24, 2.45) is 0 Å². The summed E-state index contributed by atoms with van der Waals surface area (Å²) < 4.78 is 13.6. The van der Waals surface area contributed by atoms with Crippen molar-refractivity contribution < 1.29 is 4.39 Å². The van der Waals surface area contributed by atoms with E-state index in [1.807, 2.05) is 19.2 Å². The SMILES string of the molecule is CCCc1c(NC)ncnc1NCCc1ccccc1F. The molecule has 1 heterocycles. The van der Waals surface area contributed by atoms with E-state index in [1.165, 1.54) is 12.4 Å². The van der Waals surface area contributed by atoms with Crippen LogP contribution in [-0.2, 0) is 12.8 Å². The van der Waals surface area contributed by atoms with Crippen LogP contribution in [0.5, 0.6) is 0 Å². The Morgan fingerprint density at radius 1 is 1.10 bits per heavy atom. The van der Waals surface area contributed by atoms with Crippen molar-refractivity contribution in [1.82, 2.24) is 9.97 Å². The molecule has 0 aliphatic rings. The summed E-state index contributed by atoms with van der Waals surface area (Å²) in [7, 11) is 1.85. The van der Waals surface area contributed by atoms with Gasteiger partial charge < -0.3 is 10.6 Å². The Morgan fingerprint density at radius 3 is 2.57 bits per heavy atom. The van der Waals surface area contributed by atoms with E-state index in [2.05, 4.69) is 27.5 Å². The molecule has 0 radical (unpaired) electrons. The first-order valence-corrected chi connectivity index (χ1v) is 7.25. The lowest BCUT2D eigenvalue weighted by Gasteiger charge is -2.13. The molecule has 0 aliphatic heterocycles. The molecule has 0 amide bonds. The quantitative estimate of drug-likeness (QED) is 0.821. The number of halogens is 1. The summed E-state index contributed by atoms with van der Waals surface area (Å²) in [6, 6.07) is 6.85. The lowest BCUT2D eigenvalue weighted by molar-refractivity contribution is 0.610. The predicted molar refractivity (Wildman–Crippen MR) is 84.2 cm³/mol. The summed E-state index contributed by atoms with van der Waals surface area (Å²) in [6.45, 7) is 2.76. The Bertz CT molecular complexity index is 586. The van der Waals surface area contributed by atoms with Gasteiger partial charge in [-0.1, -0.05) is 31.5 Å². The van der Waals surface area contributed by atoms with Crippen molar-refractivity contribution >= 4 is 11.6 Å². The number of hydrogen-bond donors (Lipinski definition) is 2. The maximum atomic E-state index is 13.6. The van der Waals surface area contributed by atoms with Crippen molar-refractivity contribution in [3.05, 3.63) is 47.5 Å². The summed E-state index contributed by atoms with van der Waals surface area (Å²) in [6.07, 6.45) is 4.08. The van der Waals surface area contributed by atoms with Gasteiger partial charge in [0.05, 0.1) is 0 Å². The fourth-order valence-corrected chi connectivity index (χ4v) is 2.28. The third-order valence-corrected chi connectivity index (χ3v) is 3.33. The van der Waals surface area contributed by atoms with Gasteiger partial charge in [0.2, 0.25) is 0 Å². The van der Waals surface area contributed by atoms with Gasteiger partial charge in [0.15, 0.2) is 0 Å². The molecule has 4 nitrogen and oxygen atoms in total. The Morgan fingerprint density at radius 2 is 1.86 bits per heavy atom. The van der Waals surface area contributed by atoms with Gasteiger partial charge in [-0.05, 0) is 24.5 Å². The van der Waals surface area contributed by atoms with Crippen LogP contribution in [0.2, 0.25) is 0 Å². The van der Waals surface area contributed by atoms with Gasteiger partial charge >= 0.3 is 0 Å². The van der Waals surface area contributed by atoms with Gasteiger partial charge in [0.1, 0.15) is 23.8 Å². The monoisotopic (exact) mass is 288 g/mol. The minimum atomic E-state index is -0.160. The molecule has 0 saturated carbocycles. The highest BCUT2D eigenvalue weighted by Gasteiger charge is 2.09. The number of anilines is 2. The van der Waals surface area contributed by atoms with Gasteiger partial charge in [0, 0.05) is 19.2 Å². The van der Waals surface area contributed by atoms with E-state index < -0.39 is 0 Å². The second-order valence-corrected chi connectivity index (χ2v) is 4.82. The first kappa shape index (κ1) is 15.2. The molecule has 5 heteroatoms. The average Bonchev–Trinajstić information content (AvgIpc) is 2.51. The third-order valence-electron chi connectivity index (χ3n) is 3.33. The molecule has 1 aromatic heterocycles. The molecule has 0 unspecified atom stereocenters. The van der Waals surface area contributed by atoms with Crippen molar-refractivity contribution in [3.63, 3.8) is 0 Å². The van der Waals surface area contributed by atoms with Crippen LogP contribution in [0.3, 0.4) is 0 Å². The number of nitrogens with one attached hydrogen (secondary N) is 2. The predicted octanol–water partition coefficient (Wildman–Crippen LogP) is 3.26. The number of benzene rings is 1. The zero-order chi connectivity index (χ0) is 15.1. The summed E-state index contributed by atoms with van der Waals surface area (Å²) >= 11 is 0. The molecular weight excluding hydrogens is 267 g/mol. The molecule has 2 rings (SSSR count). The van der Waals surface area contributed by atoms with Crippen LogP contribution in [0.4, 0.5) is 16.0 Å². The second kappa shape index (κ2) is 7.57. The van der Waals surface area contributed by atoms with E-state index in [4.69, 9.17) is 0 Å². The number of aromatic nitrogens is 2. The smallest absolute Gasteiger partial charge is 0.134 e. The van der Waals surface area contributed by atoms with Crippen molar-refractivity contribution in [2.75, 3.05) is 24.2 Å². The molecule has 0 aliphatic carbocycles. The largest absolute Gasteiger partial charge is 0.373 e. The van der Waals surface area contributed by atoms with Crippen LogP contribution in [0.25, 0.3) is 0 Å². The van der Waals surface area contributed by atoms with Crippen LogP contribution in [-0.4, -0.2) is 23.6 Å². The molecule has 0 atom stereocenters. The highest BCUT2D eigenvalue weighted by Crippen LogP contribution is 2.21. The molecule has 112 valence electrons. The first-order chi connectivity index (χ1) is 10.3. The first-order valence-electron chi connectivity index (χ1n) is 7.25. The second-order valence-electron chi connectivity index (χ2n) is 4.82. The maximum absolute atomic E-state index is 13.6. The zero-order valence-corrected chi connectivity index (χ0v) is 12.5. The van der Waals surface area contributed by atoms with E-state index >= 15 is 0 Å². The van der Waals surface area contributed by atoms with E-state index in [0.717, 1.165) is 30.0 Å². The molecule has 0 spiro atoms. The van der Waals surface area contributed by atoms with Crippen LogP contribution in [0, 0.1) is 5.82 Å². The van der Waals surface area contributed by atoms with Gasteiger partial charge in [-0.25, -0.2) is 14.4 Å². The summed E-state index contributed by atoms with van der Waals surface area (Å²) in [5.41, 5.74) is 1.79. The molecule has 1 aromatic carbocycles. The topological polar surface area (TPSA) is 49.8 Å². The summed E-state index contributed by atoms with van der Waals surface area (Å²) in [5, 5.41) is 6.38. The van der Waals surface area contributed by atoms with E-state index in [9.17, 15) is 4.39 Å². The molecule has 0 saturated heterocycles. The Hall–Kier alpha value is -2.17. The van der Waals surface area contributed by atoms with Crippen molar-refractivity contribution in [2.45, 2.75) is 26.2 Å². The number of rotatable bonds is 7. The van der Waals surface area contributed by atoms with Crippen LogP contribution < -0.4 is 10.6 Å². The lowest BCUT2D eigenvalue weighted by atomic mass is 10.1. The Labute approximate surface area is 124 Å². The average molecular weight is 288 g/mol. The van der Waals surface area contributed by atoms with Crippen LogP contribution in [0.1, 0.15) is 24.5 Å². The third kappa shape index (κ3) is 3.90. The van der Waals surface area contributed by atoms with Crippen molar-refractivity contribution in [1.29, 1.82) is 0 Å². The Kier molecular flexibility index (Phi) is 5.49. The minimum absolute atomic E-state index is 0.160. The molecular formula is C16H21FN4. The van der Waals surface area contributed by atoms with E-state index in [-0.39, 0.29) is 5.82 Å². The fourth-order valence-electron chi connectivity index (χ4n) is 2.28. The number of nitrogens with zero attached hydrogens (tertiary/aromatic N) is 2. The molecule has 0 bridgehead atoms. The molecule has 2 N–H and O–H groups in total. The normalized spacial score (nSPS) is 10.4. The van der Waals surface area contributed by atoms with Gasteiger partial charge in [0.25, 0.3) is 0 Å². The maximum Gasteiger partial charge on any atom is 0.134 e. The van der Waals surface area contributed by atoms with Crippen LogP contribution in [0.15, 0.2) is 30.6 Å². The highest BCUT2D eigenvalue weighted by atomic mass is 19.1. The lowest BCUT2D eigenvalue weighted by Crippen LogP contribution is -2.11. The number of hydrogen-bond acceptors (Lipinski definition) is 4. The van der Waals surface area contributed by atoms with Gasteiger partial charge in [-0.15, -0.1) is 0 Å². The summed E-state index contributed by atoms with van der Waals surface area (Å²) in [5.74, 6) is 1.51. The van der Waals surface area contributed by atoms with Gasteiger partial charge in [-0.2, -0.15) is 0 Å². The Balaban J connectivity index is 2.04.